The van der Waals surface area contributed by atoms with Gasteiger partial charge in [0.1, 0.15) is 0 Å². The zero-order valence-corrected chi connectivity index (χ0v) is 15.5. The molecule has 0 fully saturated rings. The average Bonchev–Trinajstić information content (AvgIpc) is 2.67. The van der Waals surface area contributed by atoms with E-state index in [1.165, 1.54) is 17.3 Å². The first-order valence-electron chi connectivity index (χ1n) is 8.34. The fourth-order valence-electron chi connectivity index (χ4n) is 1.99. The molecule has 8 nitrogen and oxygen atoms in total. The molecule has 0 aliphatic heterocycles. The van der Waals surface area contributed by atoms with E-state index in [4.69, 9.17) is 9.47 Å². The van der Waals surface area contributed by atoms with Crippen molar-refractivity contribution in [2.24, 2.45) is 5.10 Å². The molecule has 8 heteroatoms. The number of hydrogen-bond acceptors (Lipinski definition) is 6. The predicted octanol–water partition coefficient (Wildman–Crippen LogP) is 1.71. The molecule has 0 unspecified atom stereocenters. The molecule has 2 rings (SSSR count). The fraction of sp³-hybridized carbons (Fsp3) is 0.263. The summed E-state index contributed by atoms with van der Waals surface area (Å²) < 4.78 is 11.1. The van der Waals surface area contributed by atoms with Crippen molar-refractivity contribution in [3.05, 3.63) is 53.9 Å². The molecule has 1 aromatic carbocycles. The first-order valence-corrected chi connectivity index (χ1v) is 8.34. The van der Waals surface area contributed by atoms with Gasteiger partial charge in [-0.15, -0.1) is 0 Å². The van der Waals surface area contributed by atoms with Gasteiger partial charge in [-0.05, 0) is 42.8 Å². The second kappa shape index (κ2) is 9.91. The molecular formula is C19H22N4O4. The van der Waals surface area contributed by atoms with Gasteiger partial charge in [-0.2, -0.15) is 5.10 Å². The van der Waals surface area contributed by atoms with Crippen LogP contribution in [0.1, 0.15) is 22.8 Å². The van der Waals surface area contributed by atoms with Crippen LogP contribution in [0.15, 0.2) is 47.8 Å². The van der Waals surface area contributed by atoms with Gasteiger partial charge in [0.05, 0.1) is 18.4 Å². The number of carbonyl (C=O) groups is 2. The Hall–Kier alpha value is -3.42. The van der Waals surface area contributed by atoms with Crippen LogP contribution in [0.4, 0.5) is 0 Å². The van der Waals surface area contributed by atoms with E-state index in [0.29, 0.717) is 29.2 Å². The number of ether oxygens (including phenoxy) is 2. The van der Waals surface area contributed by atoms with Crippen molar-refractivity contribution in [1.29, 1.82) is 0 Å². The summed E-state index contributed by atoms with van der Waals surface area (Å²) >= 11 is 0. The molecule has 0 saturated carbocycles. The lowest BCUT2D eigenvalue weighted by Crippen LogP contribution is -2.27. The minimum atomic E-state index is -0.355. The lowest BCUT2D eigenvalue weighted by Gasteiger charge is -2.14. The minimum Gasteiger partial charge on any atom is -0.490 e. The van der Waals surface area contributed by atoms with Crippen molar-refractivity contribution in [2.75, 3.05) is 27.3 Å². The number of pyridine rings is 1. The smallest absolute Gasteiger partial charge is 0.272 e. The summed E-state index contributed by atoms with van der Waals surface area (Å²) in [7, 11) is 3.32. The molecule has 1 heterocycles. The molecule has 1 aromatic heterocycles. The highest BCUT2D eigenvalue weighted by atomic mass is 16.5. The van der Waals surface area contributed by atoms with Gasteiger partial charge in [0, 0.05) is 26.5 Å². The molecule has 0 aliphatic rings. The van der Waals surface area contributed by atoms with Crippen LogP contribution in [0.2, 0.25) is 0 Å². The number of hydrazone groups is 1. The van der Waals surface area contributed by atoms with Crippen molar-refractivity contribution in [3.8, 4) is 11.5 Å². The zero-order chi connectivity index (χ0) is 19.6. The monoisotopic (exact) mass is 370 g/mol. The number of likely N-dealkylation sites (N-methyl/N-ethyl adjacent to an activating group) is 1. The molecule has 27 heavy (non-hydrogen) atoms. The van der Waals surface area contributed by atoms with Crippen LogP contribution in [0, 0.1) is 0 Å². The Labute approximate surface area is 157 Å². The Bertz CT molecular complexity index is 807. The van der Waals surface area contributed by atoms with E-state index in [2.05, 4.69) is 15.5 Å². The maximum absolute atomic E-state index is 11.9. The van der Waals surface area contributed by atoms with Gasteiger partial charge < -0.3 is 14.4 Å². The highest BCUT2D eigenvalue weighted by Crippen LogP contribution is 2.28. The predicted molar refractivity (Wildman–Crippen MR) is 101 cm³/mol. The van der Waals surface area contributed by atoms with Crippen molar-refractivity contribution < 1.29 is 19.1 Å². The van der Waals surface area contributed by atoms with Gasteiger partial charge >= 0.3 is 0 Å². The summed E-state index contributed by atoms with van der Waals surface area (Å²) in [5, 5.41) is 3.94. The topological polar surface area (TPSA) is 93.1 Å². The van der Waals surface area contributed by atoms with Gasteiger partial charge in [-0.3, -0.25) is 14.6 Å². The Kier molecular flexibility index (Phi) is 7.30. The van der Waals surface area contributed by atoms with Crippen molar-refractivity contribution in [3.63, 3.8) is 0 Å². The number of benzene rings is 1. The average molecular weight is 370 g/mol. The highest BCUT2D eigenvalue weighted by Gasteiger charge is 2.10. The summed E-state index contributed by atoms with van der Waals surface area (Å²) in [5.41, 5.74) is 3.55. The number of amides is 2. The summed E-state index contributed by atoms with van der Waals surface area (Å²) in [4.78, 5) is 28.9. The third-order valence-electron chi connectivity index (χ3n) is 3.42. The van der Waals surface area contributed by atoms with Gasteiger partial charge in [-0.25, -0.2) is 5.43 Å². The van der Waals surface area contributed by atoms with Crippen molar-refractivity contribution in [1.82, 2.24) is 15.3 Å². The van der Waals surface area contributed by atoms with Crippen LogP contribution in [-0.4, -0.2) is 55.2 Å². The Morgan fingerprint density at radius 1 is 1.22 bits per heavy atom. The van der Waals surface area contributed by atoms with E-state index < -0.39 is 0 Å². The first kappa shape index (κ1) is 19.9. The molecule has 142 valence electrons. The van der Waals surface area contributed by atoms with E-state index in [9.17, 15) is 9.59 Å². The quantitative estimate of drug-likeness (QED) is 0.564. The number of nitrogens with one attached hydrogen (secondary N) is 1. The summed E-state index contributed by atoms with van der Waals surface area (Å²) in [5.74, 6) is 0.447. The molecule has 0 bridgehead atoms. The third kappa shape index (κ3) is 6.10. The zero-order valence-electron chi connectivity index (χ0n) is 15.5. The van der Waals surface area contributed by atoms with Gasteiger partial charge in [-0.1, -0.05) is 0 Å². The molecule has 0 aliphatic carbocycles. The molecular weight excluding hydrogens is 348 g/mol. The van der Waals surface area contributed by atoms with Crippen LogP contribution in [0.25, 0.3) is 0 Å². The largest absolute Gasteiger partial charge is 0.490 e. The third-order valence-corrected chi connectivity index (χ3v) is 3.42. The second-order valence-electron chi connectivity index (χ2n) is 5.66. The van der Waals surface area contributed by atoms with Crippen LogP contribution in [0.5, 0.6) is 11.5 Å². The maximum Gasteiger partial charge on any atom is 0.272 e. The molecule has 2 aromatic rings. The highest BCUT2D eigenvalue weighted by molar-refractivity contribution is 5.94. The standard InChI is InChI=1S/C19H22N4O4/c1-4-26-17-10-14(7-8-16(17)27-13-18(24)23(2)3)11-21-22-19(25)15-6-5-9-20-12-15/h5-12H,4,13H2,1-3H3,(H,22,25)/b21-11-. The summed E-state index contributed by atoms with van der Waals surface area (Å²) in [6.07, 6.45) is 4.54. The Morgan fingerprint density at radius 2 is 2.04 bits per heavy atom. The van der Waals surface area contributed by atoms with Gasteiger partial charge in [0.2, 0.25) is 0 Å². The summed E-state index contributed by atoms with van der Waals surface area (Å²) in [6.45, 7) is 2.21. The number of aromatic nitrogens is 1. The second-order valence-corrected chi connectivity index (χ2v) is 5.66. The minimum absolute atomic E-state index is 0.0817. The molecule has 1 N–H and O–H groups in total. The van der Waals surface area contributed by atoms with E-state index >= 15 is 0 Å². The first-order chi connectivity index (χ1) is 13.0. The molecule has 0 saturated heterocycles. The van der Waals surface area contributed by atoms with Crippen molar-refractivity contribution in [2.45, 2.75) is 6.92 Å². The number of carbonyl (C=O) groups excluding carboxylic acids is 2. The van der Waals surface area contributed by atoms with Crippen LogP contribution < -0.4 is 14.9 Å². The fourth-order valence-corrected chi connectivity index (χ4v) is 1.99. The Morgan fingerprint density at radius 3 is 2.70 bits per heavy atom. The van der Waals surface area contributed by atoms with Gasteiger partial charge in [0.15, 0.2) is 18.1 Å². The van der Waals surface area contributed by atoms with E-state index in [1.54, 1.807) is 50.6 Å². The lowest BCUT2D eigenvalue weighted by atomic mass is 10.2. The number of nitrogens with zero attached hydrogens (tertiary/aromatic N) is 3. The SMILES string of the molecule is CCOc1cc(/C=N\NC(=O)c2cccnc2)ccc1OCC(=O)N(C)C. The number of rotatable bonds is 8. The van der Waals surface area contributed by atoms with Crippen molar-refractivity contribution >= 4 is 18.0 Å². The van der Waals surface area contributed by atoms with E-state index in [-0.39, 0.29) is 18.4 Å². The van der Waals surface area contributed by atoms with E-state index in [1.807, 2.05) is 6.92 Å². The van der Waals surface area contributed by atoms with Gasteiger partial charge in [0.25, 0.3) is 11.8 Å². The van der Waals surface area contributed by atoms with Crippen LogP contribution >= 0.6 is 0 Å². The van der Waals surface area contributed by atoms with Crippen LogP contribution in [0.3, 0.4) is 0 Å². The molecule has 0 atom stereocenters. The summed E-state index contributed by atoms with van der Waals surface area (Å²) in [6, 6.07) is 8.48. The lowest BCUT2D eigenvalue weighted by molar-refractivity contribution is -0.130. The molecule has 0 radical (unpaired) electrons. The molecule has 0 spiro atoms. The molecule has 2 amide bonds. The Balaban J connectivity index is 2.03. The van der Waals surface area contributed by atoms with Crippen LogP contribution in [-0.2, 0) is 4.79 Å². The maximum atomic E-state index is 11.9. The number of hydrogen-bond donors (Lipinski definition) is 1. The van der Waals surface area contributed by atoms with E-state index in [0.717, 1.165) is 0 Å². The normalized spacial score (nSPS) is 10.5.